The molecule has 0 saturated heterocycles. The maximum atomic E-state index is 12.3. The Bertz CT molecular complexity index is 726. The van der Waals surface area contributed by atoms with Gasteiger partial charge in [-0.1, -0.05) is 58.0 Å². The van der Waals surface area contributed by atoms with E-state index in [1.807, 2.05) is 12.1 Å². The number of methoxy groups -OCH3 is 1. The molecule has 134 valence electrons. The number of Topliss-reactive ketones (excluding diaryl/α,β-unsaturated/α-hetero) is 1. The predicted octanol–water partition coefficient (Wildman–Crippen LogP) is 4.95. The monoisotopic (exact) mass is 340 g/mol. The van der Waals surface area contributed by atoms with Crippen LogP contribution in [0.25, 0.3) is 0 Å². The van der Waals surface area contributed by atoms with Crippen LogP contribution in [0.5, 0.6) is 5.75 Å². The first-order valence-corrected chi connectivity index (χ1v) is 8.73. The summed E-state index contributed by atoms with van der Waals surface area (Å²) in [6.45, 7) is 9.34. The van der Waals surface area contributed by atoms with Crippen LogP contribution in [0.3, 0.4) is 0 Å². The molecule has 0 aliphatic carbocycles. The molecule has 2 aromatic carbocycles. The normalized spacial score (nSPS) is 11.4. The van der Waals surface area contributed by atoms with Gasteiger partial charge in [-0.25, -0.2) is 0 Å². The lowest BCUT2D eigenvalue weighted by molar-refractivity contribution is 0.0725. The van der Waals surface area contributed by atoms with E-state index in [9.17, 15) is 4.79 Å². The highest BCUT2D eigenvalue weighted by Gasteiger charge is 2.19. The minimum absolute atomic E-state index is 0.0380. The van der Waals surface area contributed by atoms with Crippen LogP contribution in [0, 0.1) is 0 Å². The molecule has 2 rings (SSSR count). The zero-order valence-electron chi connectivity index (χ0n) is 15.9. The first-order valence-electron chi connectivity index (χ1n) is 8.73. The van der Waals surface area contributed by atoms with Crippen molar-refractivity contribution in [3.63, 3.8) is 0 Å². The van der Waals surface area contributed by atoms with Crippen molar-refractivity contribution in [1.29, 1.82) is 0 Å². The van der Waals surface area contributed by atoms with Crippen LogP contribution >= 0.6 is 0 Å². The minimum atomic E-state index is -0.0380. The van der Waals surface area contributed by atoms with Crippen molar-refractivity contribution in [2.45, 2.75) is 46.1 Å². The quantitative estimate of drug-likeness (QED) is 0.669. The van der Waals surface area contributed by atoms with Crippen LogP contribution in [-0.4, -0.2) is 19.5 Å². The van der Waals surface area contributed by atoms with Crippen molar-refractivity contribution in [1.82, 2.24) is 0 Å². The lowest BCUT2D eigenvalue weighted by Crippen LogP contribution is -2.16. The molecule has 0 N–H and O–H groups in total. The van der Waals surface area contributed by atoms with Crippen LogP contribution in [-0.2, 0) is 23.2 Å². The zero-order chi connectivity index (χ0) is 18.4. The summed E-state index contributed by atoms with van der Waals surface area (Å²) in [5, 5.41) is 0. The summed E-state index contributed by atoms with van der Waals surface area (Å²) in [4.78, 5) is 12.3. The molecule has 25 heavy (non-hydrogen) atoms. The van der Waals surface area contributed by atoms with Gasteiger partial charge in [-0.3, -0.25) is 4.79 Å². The number of hydrogen-bond donors (Lipinski definition) is 0. The van der Waals surface area contributed by atoms with E-state index in [1.54, 1.807) is 19.2 Å². The molecule has 0 aliphatic heterocycles. The van der Waals surface area contributed by atoms with E-state index in [0.29, 0.717) is 17.9 Å². The van der Waals surface area contributed by atoms with Gasteiger partial charge in [0, 0.05) is 5.56 Å². The molecule has 3 heteroatoms. The highest BCUT2D eigenvalue weighted by atomic mass is 16.5. The second-order valence-corrected chi connectivity index (χ2v) is 7.19. The van der Waals surface area contributed by atoms with Gasteiger partial charge in [0.15, 0.2) is 5.78 Å². The molecule has 0 atom stereocenters. The lowest BCUT2D eigenvalue weighted by atomic mass is 9.81. The molecule has 0 amide bonds. The van der Waals surface area contributed by atoms with Gasteiger partial charge in [0.2, 0.25) is 0 Å². The summed E-state index contributed by atoms with van der Waals surface area (Å²) < 4.78 is 10.9. The molecule has 0 aromatic heterocycles. The van der Waals surface area contributed by atoms with Crippen LogP contribution in [0.15, 0.2) is 42.5 Å². The first-order chi connectivity index (χ1) is 11.9. The maximum Gasteiger partial charge on any atom is 0.188 e. The fraction of sp³-hybridized carbons (Fsp3) is 0.409. The Labute approximate surface area is 151 Å². The third-order valence-corrected chi connectivity index (χ3v) is 4.32. The summed E-state index contributed by atoms with van der Waals surface area (Å²) in [6, 6.07) is 13.5. The molecule has 0 fully saturated rings. The fourth-order valence-electron chi connectivity index (χ4n) is 3.02. The second kappa shape index (κ2) is 8.30. The number of benzene rings is 2. The Morgan fingerprint density at radius 1 is 1.08 bits per heavy atom. The van der Waals surface area contributed by atoms with Gasteiger partial charge in [0.25, 0.3) is 0 Å². The number of ketones is 1. The van der Waals surface area contributed by atoms with Gasteiger partial charge < -0.3 is 9.47 Å². The summed E-state index contributed by atoms with van der Waals surface area (Å²) in [5.41, 5.74) is 4.53. The van der Waals surface area contributed by atoms with Gasteiger partial charge in [-0.2, -0.15) is 0 Å². The average molecular weight is 340 g/mol. The number of rotatable bonds is 7. The lowest BCUT2D eigenvalue weighted by Gasteiger charge is -2.24. The smallest absolute Gasteiger partial charge is 0.188 e. The van der Waals surface area contributed by atoms with Gasteiger partial charge >= 0.3 is 0 Å². The van der Waals surface area contributed by atoms with Gasteiger partial charge in [-0.15, -0.1) is 0 Å². The van der Waals surface area contributed by atoms with E-state index in [4.69, 9.17) is 9.47 Å². The predicted molar refractivity (Wildman–Crippen MR) is 102 cm³/mol. The SMILES string of the molecule is CCc1c(COCC(=O)c2cccc(OC)c2)cccc1C(C)(C)C. The Morgan fingerprint density at radius 2 is 1.80 bits per heavy atom. The first kappa shape index (κ1) is 19.2. The standard InChI is InChI=1S/C22H28O3/c1-6-19-17(10-8-12-20(19)22(2,3)4)14-25-15-21(23)16-9-7-11-18(13-16)24-5/h7-13H,6,14-15H2,1-5H3. The van der Waals surface area contributed by atoms with Crippen molar-refractivity contribution < 1.29 is 14.3 Å². The third-order valence-electron chi connectivity index (χ3n) is 4.32. The zero-order valence-corrected chi connectivity index (χ0v) is 15.9. The van der Waals surface area contributed by atoms with E-state index in [-0.39, 0.29) is 17.8 Å². The summed E-state index contributed by atoms with van der Waals surface area (Å²) in [7, 11) is 1.59. The van der Waals surface area contributed by atoms with E-state index >= 15 is 0 Å². The highest BCUT2D eigenvalue weighted by molar-refractivity contribution is 5.97. The van der Waals surface area contributed by atoms with Gasteiger partial charge in [0.1, 0.15) is 12.4 Å². The molecule has 2 aromatic rings. The van der Waals surface area contributed by atoms with Crippen LogP contribution in [0.2, 0.25) is 0 Å². The molecular formula is C22H28O3. The summed E-state index contributed by atoms with van der Waals surface area (Å²) in [6.07, 6.45) is 0.954. The van der Waals surface area contributed by atoms with E-state index in [2.05, 4.69) is 45.9 Å². The molecule has 0 saturated carbocycles. The van der Waals surface area contributed by atoms with E-state index in [0.717, 1.165) is 12.0 Å². The van der Waals surface area contributed by atoms with Crippen molar-refractivity contribution in [3.05, 3.63) is 64.7 Å². The fourth-order valence-corrected chi connectivity index (χ4v) is 3.02. The molecule has 3 nitrogen and oxygen atoms in total. The molecule has 0 bridgehead atoms. The largest absolute Gasteiger partial charge is 0.497 e. The second-order valence-electron chi connectivity index (χ2n) is 7.19. The van der Waals surface area contributed by atoms with Gasteiger partial charge in [0.05, 0.1) is 13.7 Å². The molecule has 0 heterocycles. The highest BCUT2D eigenvalue weighted by Crippen LogP contribution is 2.28. The maximum absolute atomic E-state index is 12.3. The molecule has 0 radical (unpaired) electrons. The van der Waals surface area contributed by atoms with Crippen molar-refractivity contribution in [2.24, 2.45) is 0 Å². The third kappa shape index (κ3) is 4.93. The number of ether oxygens (including phenoxy) is 2. The average Bonchev–Trinajstić information content (AvgIpc) is 2.60. The molecule has 0 unspecified atom stereocenters. The van der Waals surface area contributed by atoms with Crippen molar-refractivity contribution in [2.75, 3.05) is 13.7 Å². The Kier molecular flexibility index (Phi) is 6.38. The molecule has 0 spiro atoms. The summed E-state index contributed by atoms with van der Waals surface area (Å²) >= 11 is 0. The van der Waals surface area contributed by atoms with Crippen molar-refractivity contribution in [3.8, 4) is 5.75 Å². The van der Waals surface area contributed by atoms with Crippen LogP contribution < -0.4 is 4.74 Å². The Hall–Kier alpha value is -2.13. The van der Waals surface area contributed by atoms with Gasteiger partial charge in [-0.05, 0) is 40.7 Å². The molecule has 0 aliphatic rings. The Balaban J connectivity index is 2.05. The molecular weight excluding hydrogens is 312 g/mol. The minimum Gasteiger partial charge on any atom is -0.497 e. The number of carbonyl (C=O) groups excluding carboxylic acids is 1. The van der Waals surface area contributed by atoms with Crippen LogP contribution in [0.1, 0.15) is 54.7 Å². The number of hydrogen-bond acceptors (Lipinski definition) is 3. The van der Waals surface area contributed by atoms with E-state index in [1.165, 1.54) is 11.1 Å². The summed E-state index contributed by atoms with van der Waals surface area (Å²) in [5.74, 6) is 0.640. The van der Waals surface area contributed by atoms with Crippen LogP contribution in [0.4, 0.5) is 0 Å². The number of carbonyl (C=O) groups is 1. The van der Waals surface area contributed by atoms with Crippen molar-refractivity contribution >= 4 is 5.78 Å². The Morgan fingerprint density at radius 3 is 2.44 bits per heavy atom. The van der Waals surface area contributed by atoms with E-state index < -0.39 is 0 Å². The topological polar surface area (TPSA) is 35.5 Å².